The summed E-state index contributed by atoms with van der Waals surface area (Å²) in [5.74, 6) is -0.0478. The van der Waals surface area contributed by atoms with Crippen molar-refractivity contribution in [2.45, 2.75) is 57.2 Å². The first-order valence-corrected chi connectivity index (χ1v) is 10.6. The Morgan fingerprint density at radius 3 is 2.55 bits per heavy atom. The van der Waals surface area contributed by atoms with Crippen LogP contribution in [0.5, 0.6) is 0 Å². The SMILES string of the molecule is CCc1sc(C(=O)N(C)[C@H]2CCCC[C@H]2S(C)(=O)=O)cc1C. The lowest BCUT2D eigenvalue weighted by Crippen LogP contribution is -2.49. The standard InChI is InChI=1S/C16H25NO3S2/c1-5-13-11(2)10-14(21-13)16(18)17(3)12-8-6-7-9-15(12)22(4,19)20/h10,12,15H,5-9H2,1-4H3/t12-,15+/m0/s1. The minimum Gasteiger partial charge on any atom is -0.337 e. The molecule has 0 aliphatic heterocycles. The maximum absolute atomic E-state index is 12.7. The van der Waals surface area contributed by atoms with E-state index in [1.54, 1.807) is 11.9 Å². The minimum absolute atomic E-state index is 0.0478. The molecule has 0 unspecified atom stereocenters. The van der Waals surface area contributed by atoms with Gasteiger partial charge in [0.15, 0.2) is 9.84 Å². The van der Waals surface area contributed by atoms with Gasteiger partial charge in [-0.1, -0.05) is 19.8 Å². The molecular formula is C16H25NO3S2. The number of carbonyl (C=O) groups is 1. The number of thiophene rings is 1. The highest BCUT2D eigenvalue weighted by atomic mass is 32.2. The molecule has 6 heteroatoms. The van der Waals surface area contributed by atoms with Crippen LogP contribution < -0.4 is 0 Å². The highest BCUT2D eigenvalue weighted by Crippen LogP contribution is 2.30. The summed E-state index contributed by atoms with van der Waals surface area (Å²) in [4.78, 5) is 16.3. The maximum atomic E-state index is 12.7. The van der Waals surface area contributed by atoms with Gasteiger partial charge in [-0.05, 0) is 37.8 Å². The van der Waals surface area contributed by atoms with E-state index in [4.69, 9.17) is 0 Å². The van der Waals surface area contributed by atoms with Crippen molar-refractivity contribution in [3.8, 4) is 0 Å². The minimum atomic E-state index is -3.13. The average Bonchev–Trinajstić information content (AvgIpc) is 2.86. The van der Waals surface area contributed by atoms with Crippen LogP contribution in [0.1, 0.15) is 52.7 Å². The summed E-state index contributed by atoms with van der Waals surface area (Å²) < 4.78 is 24.1. The van der Waals surface area contributed by atoms with Crippen molar-refractivity contribution in [2.24, 2.45) is 0 Å². The Morgan fingerprint density at radius 2 is 2.00 bits per heavy atom. The number of hydrogen-bond donors (Lipinski definition) is 0. The van der Waals surface area contributed by atoms with Gasteiger partial charge in [0.2, 0.25) is 0 Å². The normalized spacial score (nSPS) is 22.5. The predicted octanol–water partition coefficient (Wildman–Crippen LogP) is 3.05. The van der Waals surface area contributed by atoms with E-state index < -0.39 is 15.1 Å². The average molecular weight is 344 g/mol. The highest BCUT2D eigenvalue weighted by molar-refractivity contribution is 7.91. The molecule has 2 rings (SSSR count). The second-order valence-electron chi connectivity index (χ2n) is 6.21. The van der Waals surface area contributed by atoms with Crippen LogP contribution in [0.25, 0.3) is 0 Å². The first-order chi connectivity index (χ1) is 10.3. The Morgan fingerprint density at radius 1 is 1.36 bits per heavy atom. The smallest absolute Gasteiger partial charge is 0.263 e. The van der Waals surface area contributed by atoms with Gasteiger partial charge in [-0.3, -0.25) is 4.79 Å². The molecule has 1 fully saturated rings. The van der Waals surface area contributed by atoms with Crippen molar-refractivity contribution < 1.29 is 13.2 Å². The van der Waals surface area contributed by atoms with E-state index in [9.17, 15) is 13.2 Å². The van der Waals surface area contributed by atoms with Crippen molar-refractivity contribution in [2.75, 3.05) is 13.3 Å². The van der Waals surface area contributed by atoms with Crippen molar-refractivity contribution in [3.05, 3.63) is 21.4 Å². The van der Waals surface area contributed by atoms with Crippen LogP contribution in [0.3, 0.4) is 0 Å². The molecule has 4 nitrogen and oxygen atoms in total. The summed E-state index contributed by atoms with van der Waals surface area (Å²) in [5.41, 5.74) is 1.15. The fourth-order valence-electron chi connectivity index (χ4n) is 3.32. The number of amides is 1. The summed E-state index contributed by atoms with van der Waals surface area (Å²) in [6, 6.07) is 1.73. The summed E-state index contributed by atoms with van der Waals surface area (Å²) >= 11 is 1.53. The molecule has 1 aliphatic rings. The second kappa shape index (κ2) is 6.71. The third kappa shape index (κ3) is 3.54. The lowest BCUT2D eigenvalue weighted by atomic mass is 9.93. The molecular weight excluding hydrogens is 318 g/mol. The molecule has 1 aromatic rings. The van der Waals surface area contributed by atoms with E-state index in [1.807, 2.05) is 13.0 Å². The molecule has 1 aromatic heterocycles. The summed E-state index contributed by atoms with van der Waals surface area (Å²) in [6.45, 7) is 4.10. The van der Waals surface area contributed by atoms with Crippen molar-refractivity contribution >= 4 is 27.1 Å². The van der Waals surface area contributed by atoms with E-state index in [0.717, 1.165) is 36.1 Å². The van der Waals surface area contributed by atoms with E-state index in [1.165, 1.54) is 22.5 Å². The number of hydrogen-bond acceptors (Lipinski definition) is 4. The van der Waals surface area contributed by atoms with Crippen LogP contribution in [-0.2, 0) is 16.3 Å². The van der Waals surface area contributed by atoms with Crippen molar-refractivity contribution in [3.63, 3.8) is 0 Å². The largest absolute Gasteiger partial charge is 0.337 e. The molecule has 0 N–H and O–H groups in total. The number of carbonyl (C=O) groups excluding carboxylic acids is 1. The zero-order valence-electron chi connectivity index (χ0n) is 13.8. The second-order valence-corrected chi connectivity index (χ2v) is 9.61. The Balaban J connectivity index is 2.24. The van der Waals surface area contributed by atoms with Gasteiger partial charge in [-0.15, -0.1) is 11.3 Å². The van der Waals surface area contributed by atoms with Gasteiger partial charge >= 0.3 is 0 Å². The van der Waals surface area contributed by atoms with Crippen LogP contribution in [0.4, 0.5) is 0 Å². The van der Waals surface area contributed by atoms with Crippen LogP contribution in [0, 0.1) is 6.92 Å². The number of aryl methyl sites for hydroxylation is 2. The quantitative estimate of drug-likeness (QED) is 0.844. The van der Waals surface area contributed by atoms with Gasteiger partial charge in [0.05, 0.1) is 10.1 Å². The molecule has 1 saturated carbocycles. The van der Waals surface area contributed by atoms with Gasteiger partial charge in [0, 0.05) is 24.2 Å². The van der Waals surface area contributed by atoms with Crippen LogP contribution in [-0.4, -0.2) is 43.8 Å². The van der Waals surface area contributed by atoms with Gasteiger partial charge < -0.3 is 4.90 Å². The Hall–Kier alpha value is -0.880. The molecule has 1 amide bonds. The van der Waals surface area contributed by atoms with Gasteiger partial charge in [0.1, 0.15) is 0 Å². The van der Waals surface area contributed by atoms with Gasteiger partial charge in [0.25, 0.3) is 5.91 Å². The Kier molecular flexibility index (Phi) is 5.33. The van der Waals surface area contributed by atoms with E-state index in [0.29, 0.717) is 6.42 Å². The molecule has 0 bridgehead atoms. The van der Waals surface area contributed by atoms with E-state index in [2.05, 4.69) is 6.92 Å². The Bertz CT molecular complexity index is 648. The molecule has 0 saturated heterocycles. The summed E-state index contributed by atoms with van der Waals surface area (Å²) in [6.07, 6.45) is 5.55. The topological polar surface area (TPSA) is 54.5 Å². The Labute approximate surface area is 137 Å². The molecule has 2 atom stereocenters. The first-order valence-electron chi connectivity index (χ1n) is 7.81. The van der Waals surface area contributed by atoms with E-state index in [-0.39, 0.29) is 11.9 Å². The molecule has 1 heterocycles. The van der Waals surface area contributed by atoms with Crippen LogP contribution >= 0.6 is 11.3 Å². The number of rotatable bonds is 4. The summed E-state index contributed by atoms with van der Waals surface area (Å²) in [7, 11) is -1.39. The van der Waals surface area contributed by atoms with Crippen LogP contribution in [0.15, 0.2) is 6.07 Å². The van der Waals surface area contributed by atoms with Crippen molar-refractivity contribution in [1.29, 1.82) is 0 Å². The monoisotopic (exact) mass is 343 g/mol. The zero-order valence-corrected chi connectivity index (χ0v) is 15.4. The van der Waals surface area contributed by atoms with Gasteiger partial charge in [-0.2, -0.15) is 0 Å². The molecule has 0 radical (unpaired) electrons. The number of nitrogens with zero attached hydrogens (tertiary/aromatic N) is 1. The molecule has 124 valence electrons. The van der Waals surface area contributed by atoms with Crippen molar-refractivity contribution in [1.82, 2.24) is 4.90 Å². The van der Waals surface area contributed by atoms with E-state index >= 15 is 0 Å². The van der Waals surface area contributed by atoms with Crippen LogP contribution in [0.2, 0.25) is 0 Å². The first kappa shape index (κ1) is 17.5. The maximum Gasteiger partial charge on any atom is 0.263 e. The molecule has 1 aliphatic carbocycles. The molecule has 0 aromatic carbocycles. The lowest BCUT2D eigenvalue weighted by Gasteiger charge is -2.36. The molecule has 0 spiro atoms. The third-order valence-electron chi connectivity index (χ3n) is 4.59. The highest BCUT2D eigenvalue weighted by Gasteiger charge is 2.37. The fourth-order valence-corrected chi connectivity index (χ4v) is 5.90. The lowest BCUT2D eigenvalue weighted by molar-refractivity contribution is 0.0705. The molecule has 22 heavy (non-hydrogen) atoms. The van der Waals surface area contributed by atoms with Gasteiger partial charge in [-0.25, -0.2) is 8.42 Å². The fraction of sp³-hybridized carbons (Fsp3) is 0.688. The predicted molar refractivity (Wildman–Crippen MR) is 91.4 cm³/mol. The number of sulfone groups is 1. The third-order valence-corrected chi connectivity index (χ3v) is 7.61. The zero-order chi connectivity index (χ0) is 16.5. The summed E-state index contributed by atoms with van der Waals surface area (Å²) in [5, 5.41) is -0.429.